The number of amides is 2. The summed E-state index contributed by atoms with van der Waals surface area (Å²) in [4.78, 5) is 25.0. The molecule has 0 saturated heterocycles. The van der Waals surface area contributed by atoms with Gasteiger partial charge in [-0.3, -0.25) is 9.59 Å². The van der Waals surface area contributed by atoms with Gasteiger partial charge < -0.3 is 10.2 Å². The van der Waals surface area contributed by atoms with Gasteiger partial charge in [0.15, 0.2) is 0 Å². The molecule has 1 aromatic carbocycles. The molecule has 0 fully saturated rings. The van der Waals surface area contributed by atoms with Crippen LogP contribution in [-0.2, 0) is 9.59 Å². The summed E-state index contributed by atoms with van der Waals surface area (Å²) in [5, 5.41) is 3.57. The molecule has 1 atom stereocenters. The number of rotatable bonds is 5. The van der Waals surface area contributed by atoms with E-state index in [1.807, 2.05) is 13.8 Å². The Hall–Kier alpha value is -1.26. The zero-order valence-electron chi connectivity index (χ0n) is 11.7. The molecule has 1 N–H and O–H groups in total. The molecule has 6 heteroatoms. The van der Waals surface area contributed by atoms with Crippen LogP contribution in [0.25, 0.3) is 0 Å². The maximum atomic E-state index is 11.9. The fourth-order valence-corrected chi connectivity index (χ4v) is 1.90. The van der Waals surface area contributed by atoms with Crippen LogP contribution in [-0.4, -0.2) is 24.4 Å². The van der Waals surface area contributed by atoms with Crippen LogP contribution in [0.5, 0.6) is 0 Å². The number of benzene rings is 1. The summed E-state index contributed by atoms with van der Waals surface area (Å²) in [6.45, 7) is 5.25. The Morgan fingerprint density at radius 2 is 1.95 bits per heavy atom. The lowest BCUT2D eigenvalue weighted by atomic mass is 10.2. The minimum Gasteiger partial charge on any atom is -0.352 e. The van der Waals surface area contributed by atoms with Crippen LogP contribution in [0.2, 0.25) is 10.0 Å². The second-order valence-electron chi connectivity index (χ2n) is 4.58. The van der Waals surface area contributed by atoms with Crippen LogP contribution < -0.4 is 10.2 Å². The Labute approximate surface area is 129 Å². The first-order valence-corrected chi connectivity index (χ1v) is 7.13. The van der Waals surface area contributed by atoms with Crippen LogP contribution >= 0.6 is 23.2 Å². The molecular weight excluding hydrogens is 299 g/mol. The Bertz CT molecular complexity index is 506. The zero-order valence-corrected chi connectivity index (χ0v) is 13.3. The van der Waals surface area contributed by atoms with E-state index >= 15 is 0 Å². The Morgan fingerprint density at radius 3 is 2.45 bits per heavy atom. The first-order valence-electron chi connectivity index (χ1n) is 6.37. The molecule has 0 aromatic heterocycles. The highest BCUT2D eigenvalue weighted by atomic mass is 35.5. The van der Waals surface area contributed by atoms with Crippen molar-refractivity contribution in [1.82, 2.24) is 5.32 Å². The van der Waals surface area contributed by atoms with Gasteiger partial charge in [-0.2, -0.15) is 0 Å². The second-order valence-corrected chi connectivity index (χ2v) is 5.39. The first-order chi connectivity index (χ1) is 9.35. The van der Waals surface area contributed by atoms with Crippen molar-refractivity contribution < 1.29 is 9.59 Å². The van der Waals surface area contributed by atoms with E-state index in [1.54, 1.807) is 18.2 Å². The smallest absolute Gasteiger partial charge is 0.240 e. The van der Waals surface area contributed by atoms with Gasteiger partial charge in [0, 0.05) is 18.7 Å². The van der Waals surface area contributed by atoms with Crippen molar-refractivity contribution in [2.24, 2.45) is 0 Å². The summed E-state index contributed by atoms with van der Waals surface area (Å²) in [6, 6.07) is 4.90. The van der Waals surface area contributed by atoms with E-state index in [-0.39, 0.29) is 24.4 Å². The zero-order chi connectivity index (χ0) is 15.3. The predicted octanol–water partition coefficient (Wildman–Crippen LogP) is 3.26. The summed E-state index contributed by atoms with van der Waals surface area (Å²) in [5.74, 6) is -0.441. The second kappa shape index (κ2) is 7.50. The Morgan fingerprint density at radius 1 is 1.30 bits per heavy atom. The number of anilines is 1. The van der Waals surface area contributed by atoms with Crippen molar-refractivity contribution in [2.75, 3.05) is 11.4 Å². The summed E-state index contributed by atoms with van der Waals surface area (Å²) >= 11 is 11.8. The molecule has 0 heterocycles. The Kier molecular flexibility index (Phi) is 6.30. The third kappa shape index (κ3) is 4.69. The van der Waals surface area contributed by atoms with Gasteiger partial charge in [0.1, 0.15) is 6.54 Å². The van der Waals surface area contributed by atoms with E-state index in [0.29, 0.717) is 15.7 Å². The predicted molar refractivity (Wildman–Crippen MR) is 82.4 cm³/mol. The molecule has 0 aliphatic rings. The topological polar surface area (TPSA) is 49.4 Å². The third-order valence-corrected chi connectivity index (χ3v) is 3.66. The molecule has 2 amide bonds. The van der Waals surface area contributed by atoms with Crippen LogP contribution in [0.4, 0.5) is 5.69 Å². The van der Waals surface area contributed by atoms with Crippen LogP contribution in [0, 0.1) is 0 Å². The van der Waals surface area contributed by atoms with Crippen LogP contribution in [0.1, 0.15) is 27.2 Å². The summed E-state index contributed by atoms with van der Waals surface area (Å²) in [5.41, 5.74) is 0.547. The van der Waals surface area contributed by atoms with E-state index in [0.717, 1.165) is 6.42 Å². The molecular formula is C14H18Cl2N2O2. The van der Waals surface area contributed by atoms with Gasteiger partial charge in [-0.15, -0.1) is 0 Å². The fraction of sp³-hybridized carbons (Fsp3) is 0.429. The fourth-order valence-electron chi connectivity index (χ4n) is 1.60. The number of hydrogen-bond acceptors (Lipinski definition) is 2. The summed E-state index contributed by atoms with van der Waals surface area (Å²) in [6.07, 6.45) is 0.832. The van der Waals surface area contributed by atoms with E-state index < -0.39 is 0 Å². The van der Waals surface area contributed by atoms with Crippen LogP contribution in [0.15, 0.2) is 18.2 Å². The van der Waals surface area contributed by atoms with Gasteiger partial charge in [0.05, 0.1) is 10.0 Å². The molecule has 0 saturated carbocycles. The first kappa shape index (κ1) is 16.8. The van der Waals surface area contributed by atoms with E-state index in [1.165, 1.54) is 11.8 Å². The van der Waals surface area contributed by atoms with Crippen molar-refractivity contribution in [1.29, 1.82) is 0 Å². The number of carbonyl (C=O) groups excluding carboxylic acids is 2. The normalized spacial score (nSPS) is 11.8. The molecule has 1 unspecified atom stereocenters. The van der Waals surface area contributed by atoms with Crippen molar-refractivity contribution in [3.63, 3.8) is 0 Å². The summed E-state index contributed by atoms with van der Waals surface area (Å²) < 4.78 is 0. The van der Waals surface area contributed by atoms with Crippen molar-refractivity contribution in [3.05, 3.63) is 28.2 Å². The van der Waals surface area contributed by atoms with E-state index in [4.69, 9.17) is 23.2 Å². The molecule has 4 nitrogen and oxygen atoms in total. The largest absolute Gasteiger partial charge is 0.352 e. The lowest BCUT2D eigenvalue weighted by molar-refractivity contribution is -0.123. The SMILES string of the molecule is CCC(C)NC(=O)CN(C(C)=O)c1ccc(Cl)c(Cl)c1. The monoisotopic (exact) mass is 316 g/mol. The van der Waals surface area contributed by atoms with Crippen molar-refractivity contribution in [3.8, 4) is 0 Å². The quantitative estimate of drug-likeness (QED) is 0.906. The highest BCUT2D eigenvalue weighted by molar-refractivity contribution is 6.42. The van der Waals surface area contributed by atoms with E-state index in [9.17, 15) is 9.59 Å². The van der Waals surface area contributed by atoms with Crippen LogP contribution in [0.3, 0.4) is 0 Å². The maximum Gasteiger partial charge on any atom is 0.240 e. The molecule has 0 bridgehead atoms. The average molecular weight is 317 g/mol. The minimum atomic E-state index is -0.234. The summed E-state index contributed by atoms with van der Waals surface area (Å²) in [7, 11) is 0. The molecule has 0 spiro atoms. The highest BCUT2D eigenvalue weighted by Crippen LogP contribution is 2.27. The van der Waals surface area contributed by atoms with E-state index in [2.05, 4.69) is 5.32 Å². The molecule has 0 aliphatic heterocycles. The molecule has 20 heavy (non-hydrogen) atoms. The maximum absolute atomic E-state index is 11.9. The molecule has 0 aliphatic carbocycles. The number of nitrogens with zero attached hydrogens (tertiary/aromatic N) is 1. The van der Waals surface area contributed by atoms with Gasteiger partial charge in [-0.25, -0.2) is 0 Å². The van der Waals surface area contributed by atoms with Gasteiger partial charge in [0.25, 0.3) is 0 Å². The lowest BCUT2D eigenvalue weighted by Gasteiger charge is -2.22. The number of carbonyl (C=O) groups is 2. The van der Waals surface area contributed by atoms with Gasteiger partial charge in [0.2, 0.25) is 11.8 Å². The number of halogens is 2. The number of nitrogens with one attached hydrogen (secondary N) is 1. The molecule has 110 valence electrons. The van der Waals surface area contributed by atoms with Gasteiger partial charge in [-0.05, 0) is 31.5 Å². The highest BCUT2D eigenvalue weighted by Gasteiger charge is 2.17. The minimum absolute atomic E-state index is 0.0440. The number of hydrogen-bond donors (Lipinski definition) is 1. The average Bonchev–Trinajstić information content (AvgIpc) is 2.38. The van der Waals surface area contributed by atoms with Crippen molar-refractivity contribution in [2.45, 2.75) is 33.2 Å². The lowest BCUT2D eigenvalue weighted by Crippen LogP contribution is -2.42. The molecule has 0 radical (unpaired) electrons. The Balaban J connectivity index is 2.86. The van der Waals surface area contributed by atoms with Crippen molar-refractivity contribution >= 4 is 40.7 Å². The standard InChI is InChI=1S/C14H18Cl2N2O2/c1-4-9(2)17-14(20)8-18(10(3)19)11-5-6-12(15)13(16)7-11/h5-7,9H,4,8H2,1-3H3,(H,17,20). The van der Waals surface area contributed by atoms with Gasteiger partial charge in [-0.1, -0.05) is 30.1 Å². The molecule has 1 aromatic rings. The third-order valence-electron chi connectivity index (χ3n) is 2.92. The van der Waals surface area contributed by atoms with Gasteiger partial charge >= 0.3 is 0 Å². The molecule has 1 rings (SSSR count).